The molecule has 1 aliphatic carbocycles. The Hall–Kier alpha value is -0.810. The summed E-state index contributed by atoms with van der Waals surface area (Å²) in [5.41, 5.74) is 7.00. The highest BCUT2D eigenvalue weighted by Gasteiger charge is 2.12. The molecule has 14 heavy (non-hydrogen) atoms. The van der Waals surface area contributed by atoms with Gasteiger partial charge in [0.15, 0.2) is 0 Å². The van der Waals surface area contributed by atoms with Crippen LogP contribution in [0.4, 0.5) is 0 Å². The zero-order valence-electron chi connectivity index (χ0n) is 8.41. The fourth-order valence-corrected chi connectivity index (χ4v) is 1.65. The molecule has 0 heterocycles. The Bertz CT molecular complexity index is 179. The van der Waals surface area contributed by atoms with E-state index in [1.165, 1.54) is 19.3 Å². The van der Waals surface area contributed by atoms with Crippen molar-refractivity contribution < 1.29 is 9.94 Å². The Morgan fingerprint density at radius 1 is 1.43 bits per heavy atom. The number of guanidine groups is 1. The molecule has 5 nitrogen and oxygen atoms in total. The van der Waals surface area contributed by atoms with E-state index in [1.807, 2.05) is 0 Å². The largest absolute Gasteiger partial charge is 0.376 e. The number of aliphatic imine (C=N–C) groups is 1. The van der Waals surface area contributed by atoms with Crippen molar-refractivity contribution in [3.05, 3.63) is 0 Å². The summed E-state index contributed by atoms with van der Waals surface area (Å²) in [5.74, 6) is 0.0391. The predicted octanol–water partition coefficient (Wildman–Crippen LogP) is 0.629. The average molecular weight is 201 g/mol. The Labute approximate surface area is 84.3 Å². The molecule has 1 fully saturated rings. The van der Waals surface area contributed by atoms with Crippen LogP contribution in [0.2, 0.25) is 0 Å². The zero-order chi connectivity index (χ0) is 10.2. The van der Waals surface area contributed by atoms with Gasteiger partial charge in [0.25, 0.3) is 0 Å². The van der Waals surface area contributed by atoms with Gasteiger partial charge in [0.2, 0.25) is 5.96 Å². The molecule has 0 aromatic carbocycles. The fraction of sp³-hybridized carbons (Fsp3) is 0.889. The van der Waals surface area contributed by atoms with E-state index in [2.05, 4.69) is 4.99 Å². The van der Waals surface area contributed by atoms with Crippen molar-refractivity contribution in [2.45, 2.75) is 38.2 Å². The smallest absolute Gasteiger partial charge is 0.212 e. The Balaban J connectivity index is 2.02. The molecule has 0 amide bonds. The van der Waals surface area contributed by atoms with Crippen molar-refractivity contribution in [3.63, 3.8) is 0 Å². The maximum absolute atomic E-state index is 8.34. The van der Waals surface area contributed by atoms with Gasteiger partial charge in [-0.05, 0) is 12.8 Å². The summed E-state index contributed by atoms with van der Waals surface area (Å²) in [5, 5.41) is 8.34. The molecule has 0 bridgehead atoms. The average Bonchev–Trinajstić information content (AvgIpc) is 2.25. The van der Waals surface area contributed by atoms with Crippen molar-refractivity contribution in [3.8, 4) is 0 Å². The minimum Gasteiger partial charge on any atom is -0.376 e. The third-order valence-electron chi connectivity index (χ3n) is 2.39. The topological polar surface area (TPSA) is 79.9 Å². The second-order valence-electron chi connectivity index (χ2n) is 3.51. The first kappa shape index (κ1) is 11.3. The number of hydrogen-bond acceptors (Lipinski definition) is 3. The van der Waals surface area contributed by atoms with Gasteiger partial charge in [0, 0.05) is 0 Å². The summed E-state index contributed by atoms with van der Waals surface area (Å²) >= 11 is 0. The first-order valence-electron chi connectivity index (χ1n) is 5.14. The summed E-state index contributed by atoms with van der Waals surface area (Å²) in [6.07, 6.45) is 6.61. The molecular weight excluding hydrogens is 182 g/mol. The molecule has 82 valence electrons. The molecule has 0 unspecified atom stereocenters. The zero-order valence-corrected chi connectivity index (χ0v) is 8.41. The van der Waals surface area contributed by atoms with E-state index in [1.54, 1.807) is 5.48 Å². The lowest BCUT2D eigenvalue weighted by Gasteiger charge is -2.21. The van der Waals surface area contributed by atoms with E-state index >= 15 is 0 Å². The lowest BCUT2D eigenvalue weighted by Crippen LogP contribution is -2.29. The standard InChI is InChI=1S/C9H19N3O2/c10-9(12-13)11-6-7-14-8-4-2-1-3-5-8/h8,13H,1-7H2,(H3,10,11,12). The number of hydrogen-bond donors (Lipinski definition) is 3. The van der Waals surface area contributed by atoms with Crippen LogP contribution in [0.3, 0.4) is 0 Å². The molecule has 0 aromatic rings. The first-order valence-corrected chi connectivity index (χ1v) is 5.14. The maximum Gasteiger partial charge on any atom is 0.212 e. The van der Waals surface area contributed by atoms with Gasteiger partial charge in [-0.1, -0.05) is 19.3 Å². The molecule has 0 saturated heterocycles. The van der Waals surface area contributed by atoms with E-state index in [0.29, 0.717) is 19.3 Å². The summed E-state index contributed by atoms with van der Waals surface area (Å²) in [6, 6.07) is 0. The van der Waals surface area contributed by atoms with Crippen LogP contribution < -0.4 is 11.2 Å². The van der Waals surface area contributed by atoms with Gasteiger partial charge >= 0.3 is 0 Å². The summed E-state index contributed by atoms with van der Waals surface area (Å²) in [4.78, 5) is 3.84. The molecular formula is C9H19N3O2. The van der Waals surface area contributed by atoms with Crippen LogP contribution in [0.1, 0.15) is 32.1 Å². The van der Waals surface area contributed by atoms with Crippen LogP contribution in [0.5, 0.6) is 0 Å². The normalized spacial score (nSPS) is 19.6. The van der Waals surface area contributed by atoms with Crippen LogP contribution in [0, 0.1) is 0 Å². The first-order chi connectivity index (χ1) is 6.83. The Morgan fingerprint density at radius 2 is 2.14 bits per heavy atom. The third kappa shape index (κ3) is 4.43. The molecule has 1 aliphatic rings. The number of ether oxygens (including phenoxy) is 1. The van der Waals surface area contributed by atoms with Crippen molar-refractivity contribution >= 4 is 5.96 Å². The van der Waals surface area contributed by atoms with Gasteiger partial charge in [-0.3, -0.25) is 5.21 Å². The lowest BCUT2D eigenvalue weighted by atomic mass is 9.98. The van der Waals surface area contributed by atoms with Crippen molar-refractivity contribution in [1.29, 1.82) is 0 Å². The van der Waals surface area contributed by atoms with Gasteiger partial charge in [0.05, 0.1) is 19.3 Å². The van der Waals surface area contributed by atoms with E-state index in [-0.39, 0.29) is 5.96 Å². The second kappa shape index (κ2) is 6.62. The van der Waals surface area contributed by atoms with E-state index in [9.17, 15) is 0 Å². The van der Waals surface area contributed by atoms with Gasteiger partial charge < -0.3 is 10.5 Å². The van der Waals surface area contributed by atoms with Crippen LogP contribution in [-0.2, 0) is 4.74 Å². The highest BCUT2D eigenvalue weighted by atomic mass is 16.5. The van der Waals surface area contributed by atoms with Gasteiger partial charge in [-0.25, -0.2) is 10.5 Å². The van der Waals surface area contributed by atoms with Crippen molar-refractivity contribution in [1.82, 2.24) is 5.48 Å². The molecule has 0 spiro atoms. The maximum atomic E-state index is 8.34. The van der Waals surface area contributed by atoms with Crippen molar-refractivity contribution in [2.75, 3.05) is 13.2 Å². The number of nitrogens with zero attached hydrogens (tertiary/aromatic N) is 1. The molecule has 0 atom stereocenters. The van der Waals surface area contributed by atoms with Crippen LogP contribution in [0.15, 0.2) is 4.99 Å². The fourth-order valence-electron chi connectivity index (χ4n) is 1.65. The van der Waals surface area contributed by atoms with Crippen LogP contribution in [-0.4, -0.2) is 30.4 Å². The minimum absolute atomic E-state index is 0.0391. The summed E-state index contributed by atoms with van der Waals surface area (Å²) < 4.78 is 5.61. The van der Waals surface area contributed by atoms with Crippen LogP contribution >= 0.6 is 0 Å². The molecule has 0 radical (unpaired) electrons. The SMILES string of the molecule is NC(=NCCOC1CCCCC1)NO. The van der Waals surface area contributed by atoms with E-state index in [4.69, 9.17) is 15.7 Å². The summed E-state index contributed by atoms with van der Waals surface area (Å²) in [6.45, 7) is 1.07. The van der Waals surface area contributed by atoms with Crippen LogP contribution in [0.25, 0.3) is 0 Å². The van der Waals surface area contributed by atoms with Gasteiger partial charge in [-0.2, -0.15) is 0 Å². The van der Waals surface area contributed by atoms with Gasteiger partial charge in [0.1, 0.15) is 0 Å². The van der Waals surface area contributed by atoms with Gasteiger partial charge in [-0.15, -0.1) is 0 Å². The molecule has 0 aromatic heterocycles. The minimum atomic E-state index is 0.0391. The summed E-state index contributed by atoms with van der Waals surface area (Å²) in [7, 11) is 0. The van der Waals surface area contributed by atoms with Crippen molar-refractivity contribution in [2.24, 2.45) is 10.7 Å². The number of nitrogens with two attached hydrogens (primary N) is 1. The molecule has 5 heteroatoms. The Kier molecular flexibility index (Phi) is 5.32. The molecule has 1 saturated carbocycles. The molecule has 1 rings (SSSR count). The Morgan fingerprint density at radius 3 is 2.79 bits per heavy atom. The number of hydroxylamine groups is 1. The lowest BCUT2D eigenvalue weighted by molar-refractivity contribution is 0.0334. The van der Waals surface area contributed by atoms with E-state index in [0.717, 1.165) is 12.8 Å². The van der Waals surface area contributed by atoms with E-state index < -0.39 is 0 Å². The molecule has 0 aliphatic heterocycles. The highest BCUT2D eigenvalue weighted by Crippen LogP contribution is 2.19. The second-order valence-corrected chi connectivity index (χ2v) is 3.51. The third-order valence-corrected chi connectivity index (χ3v) is 2.39. The quantitative estimate of drug-likeness (QED) is 0.270. The number of rotatable bonds is 4. The molecule has 4 N–H and O–H groups in total. The predicted molar refractivity (Wildman–Crippen MR) is 54.2 cm³/mol. The monoisotopic (exact) mass is 201 g/mol. The number of nitrogens with one attached hydrogen (secondary N) is 1. The highest BCUT2D eigenvalue weighted by molar-refractivity contribution is 5.76.